The summed E-state index contributed by atoms with van der Waals surface area (Å²) in [6.45, 7) is 4.05. The number of hydrogen-bond acceptors (Lipinski definition) is 2. The van der Waals surface area contributed by atoms with E-state index in [0.29, 0.717) is 0 Å². The minimum absolute atomic E-state index is 0.157. The Hall–Kier alpha value is -0.205. The molecule has 0 rings (SSSR count). The van der Waals surface area contributed by atoms with Gasteiger partial charge in [-0.25, -0.2) is 0 Å². The van der Waals surface area contributed by atoms with Gasteiger partial charge in [0.1, 0.15) is 17.3 Å². The van der Waals surface area contributed by atoms with Crippen molar-refractivity contribution < 1.29 is 27.5 Å². The molecule has 92 valence electrons. The van der Waals surface area contributed by atoms with Gasteiger partial charge in [-0.05, 0) is 17.0 Å². The van der Waals surface area contributed by atoms with Gasteiger partial charge in [0.25, 0.3) is 0 Å². The van der Waals surface area contributed by atoms with Crippen molar-refractivity contribution in [1.29, 1.82) is 0 Å². The molecule has 0 aromatic carbocycles. The molecule has 0 radical (unpaired) electrons. The number of rotatable bonds is 6. The normalized spacial score (nSPS) is 10.9. The fourth-order valence-electron chi connectivity index (χ4n) is 0.694. The van der Waals surface area contributed by atoms with Crippen LogP contribution in [0, 0.1) is 0 Å². The van der Waals surface area contributed by atoms with Crippen LogP contribution in [0.3, 0.4) is 0 Å². The second-order valence-corrected chi connectivity index (χ2v) is 4.79. The summed E-state index contributed by atoms with van der Waals surface area (Å²) in [5.74, 6) is 2.51. The molecule has 0 bridgehead atoms. The van der Waals surface area contributed by atoms with Gasteiger partial charge in [-0.2, -0.15) is 0 Å². The second kappa shape index (κ2) is 10.3. The zero-order valence-electron chi connectivity index (χ0n) is 8.21. The Balaban J connectivity index is 0. The highest BCUT2D eigenvalue weighted by atomic mass is 32.2. The Labute approximate surface area is 89.4 Å². The minimum Gasteiger partial charge on any atom is -0.418 e. The van der Waals surface area contributed by atoms with E-state index in [1.807, 2.05) is 6.08 Å². The van der Waals surface area contributed by atoms with Crippen LogP contribution < -0.4 is 0 Å². The van der Waals surface area contributed by atoms with Crippen LogP contribution in [0.25, 0.3) is 0 Å². The van der Waals surface area contributed by atoms with Gasteiger partial charge in [0.2, 0.25) is 0 Å². The summed E-state index contributed by atoms with van der Waals surface area (Å²) in [6.07, 6.45) is 1.84. The monoisotopic (exact) mass is 250 g/mol. The van der Waals surface area contributed by atoms with E-state index in [0.717, 1.165) is 17.3 Å². The van der Waals surface area contributed by atoms with E-state index in [-0.39, 0.29) is 24.1 Å². The van der Waals surface area contributed by atoms with E-state index in [4.69, 9.17) is 10.2 Å². The van der Waals surface area contributed by atoms with Crippen LogP contribution >= 0.6 is 0 Å². The van der Waals surface area contributed by atoms with Crippen LogP contribution in [0.1, 0.15) is 0 Å². The van der Waals surface area contributed by atoms with Crippen molar-refractivity contribution in [1.82, 2.24) is 0 Å². The molecule has 0 saturated heterocycles. The van der Waals surface area contributed by atoms with Gasteiger partial charge >= 0.3 is 7.25 Å². The summed E-state index contributed by atoms with van der Waals surface area (Å²) in [5, 5.41) is 17.2. The SMILES string of the molecule is C=CC[S+](CCO)CCO.F[B-](F)(F)F. The lowest BCUT2D eigenvalue weighted by Gasteiger charge is -2.01. The minimum atomic E-state index is -6.00. The third-order valence-corrected chi connectivity index (χ3v) is 3.34. The molecule has 8 heteroatoms. The second-order valence-electron chi connectivity index (χ2n) is 2.42. The highest BCUT2D eigenvalue weighted by Crippen LogP contribution is 2.06. The van der Waals surface area contributed by atoms with Gasteiger partial charge in [0.15, 0.2) is 0 Å². The highest BCUT2D eigenvalue weighted by molar-refractivity contribution is 7.97. The summed E-state index contributed by atoms with van der Waals surface area (Å²) in [5.41, 5.74) is 0. The zero-order valence-corrected chi connectivity index (χ0v) is 9.03. The van der Waals surface area contributed by atoms with E-state index >= 15 is 0 Å². The van der Waals surface area contributed by atoms with E-state index < -0.39 is 7.25 Å². The fourth-order valence-corrected chi connectivity index (χ4v) is 2.08. The van der Waals surface area contributed by atoms with Crippen LogP contribution in [-0.2, 0) is 10.9 Å². The Morgan fingerprint density at radius 3 is 1.60 bits per heavy atom. The average Bonchev–Trinajstić information content (AvgIpc) is 2.02. The third kappa shape index (κ3) is 24.8. The highest BCUT2D eigenvalue weighted by Gasteiger charge is 2.20. The molecule has 0 aromatic rings. The van der Waals surface area contributed by atoms with E-state index in [2.05, 4.69) is 6.58 Å². The quantitative estimate of drug-likeness (QED) is 0.320. The first kappa shape index (κ1) is 17.2. The molecule has 0 heterocycles. The lowest BCUT2D eigenvalue weighted by atomic mass is 10.3. The number of hydrogen-bond donors (Lipinski definition) is 2. The van der Waals surface area contributed by atoms with Crippen molar-refractivity contribution in [3.05, 3.63) is 12.7 Å². The van der Waals surface area contributed by atoms with Crippen LogP contribution in [0.4, 0.5) is 17.3 Å². The molecular formula is C7H15BF4O2S. The van der Waals surface area contributed by atoms with Crippen LogP contribution in [0.5, 0.6) is 0 Å². The maximum Gasteiger partial charge on any atom is 0.673 e. The number of halogens is 4. The summed E-state index contributed by atoms with van der Waals surface area (Å²) in [6, 6.07) is 0. The predicted molar refractivity (Wildman–Crippen MR) is 56.5 cm³/mol. The van der Waals surface area contributed by atoms with Gasteiger partial charge < -0.3 is 27.5 Å². The van der Waals surface area contributed by atoms with Gasteiger partial charge in [-0.15, -0.1) is 0 Å². The van der Waals surface area contributed by atoms with Gasteiger partial charge in [0, 0.05) is 0 Å². The summed E-state index contributed by atoms with van der Waals surface area (Å²) in [7, 11) is -5.84. The number of aliphatic hydroxyl groups excluding tert-OH is 2. The largest absolute Gasteiger partial charge is 0.673 e. The fraction of sp³-hybridized carbons (Fsp3) is 0.714. The molecule has 0 fully saturated rings. The molecule has 0 aliphatic carbocycles. The molecule has 0 unspecified atom stereocenters. The number of aliphatic hydroxyl groups is 2. The summed E-state index contributed by atoms with van der Waals surface area (Å²) in [4.78, 5) is 0. The molecule has 0 saturated carbocycles. The molecule has 0 amide bonds. The average molecular weight is 250 g/mol. The molecule has 0 aliphatic heterocycles. The Kier molecular flexibility index (Phi) is 11.8. The lowest BCUT2D eigenvalue weighted by molar-refractivity contribution is 0.316. The molecule has 15 heavy (non-hydrogen) atoms. The van der Waals surface area contributed by atoms with Crippen molar-refractivity contribution in [2.45, 2.75) is 0 Å². The van der Waals surface area contributed by atoms with E-state index in [1.54, 1.807) is 0 Å². The Bertz CT molecular complexity index is 144. The Morgan fingerprint density at radius 2 is 1.40 bits per heavy atom. The molecule has 0 aliphatic rings. The van der Waals surface area contributed by atoms with Crippen molar-refractivity contribution in [2.75, 3.05) is 30.5 Å². The smallest absolute Gasteiger partial charge is 0.418 e. The summed E-state index contributed by atoms with van der Waals surface area (Å²) < 4.78 is 39.0. The predicted octanol–water partition coefficient (Wildman–Crippen LogP) is 1.08. The van der Waals surface area contributed by atoms with E-state index in [1.165, 1.54) is 0 Å². The first-order valence-electron chi connectivity index (χ1n) is 4.19. The van der Waals surface area contributed by atoms with Crippen molar-refractivity contribution in [3.63, 3.8) is 0 Å². The topological polar surface area (TPSA) is 40.5 Å². The van der Waals surface area contributed by atoms with Crippen LogP contribution in [0.15, 0.2) is 12.7 Å². The van der Waals surface area contributed by atoms with Gasteiger partial charge in [-0.1, -0.05) is 6.58 Å². The zero-order chi connectivity index (χ0) is 12.3. The van der Waals surface area contributed by atoms with Gasteiger partial charge in [-0.3, -0.25) is 0 Å². The standard InChI is InChI=1S/C7H15O2S.BF4/c1-2-5-10(6-3-8)7-4-9;2-1(3,4)5/h2,8-9H,1,3-7H2;/q+1;-1. The van der Waals surface area contributed by atoms with Crippen LogP contribution in [-0.4, -0.2) is 47.9 Å². The van der Waals surface area contributed by atoms with Crippen LogP contribution in [0.2, 0.25) is 0 Å². The lowest BCUT2D eigenvalue weighted by Crippen LogP contribution is -2.19. The maximum absolute atomic E-state index is 9.75. The van der Waals surface area contributed by atoms with Crippen molar-refractivity contribution in [2.24, 2.45) is 0 Å². The first-order valence-corrected chi connectivity index (χ1v) is 5.92. The molecule has 0 spiro atoms. The molecule has 2 N–H and O–H groups in total. The Morgan fingerprint density at radius 1 is 1.07 bits per heavy atom. The molecule has 0 aromatic heterocycles. The van der Waals surface area contributed by atoms with E-state index in [9.17, 15) is 17.3 Å². The molecule has 2 nitrogen and oxygen atoms in total. The van der Waals surface area contributed by atoms with Gasteiger partial charge in [0.05, 0.1) is 13.2 Å². The van der Waals surface area contributed by atoms with Crippen molar-refractivity contribution in [3.8, 4) is 0 Å². The maximum atomic E-state index is 9.75. The summed E-state index contributed by atoms with van der Waals surface area (Å²) >= 11 is 0. The van der Waals surface area contributed by atoms with Crippen molar-refractivity contribution >= 4 is 18.1 Å². The third-order valence-electron chi connectivity index (χ3n) is 1.11. The molecule has 0 atom stereocenters. The molecular weight excluding hydrogens is 235 g/mol. The first-order chi connectivity index (χ1) is 6.85.